The molecular formula is C14H19NRu. The van der Waals surface area contributed by atoms with Gasteiger partial charge in [0.05, 0.1) is 0 Å². The fourth-order valence-electron chi connectivity index (χ4n) is 1.61. The normalized spacial score (nSPS) is 10.9. The van der Waals surface area contributed by atoms with Crippen molar-refractivity contribution < 1.29 is 19.5 Å². The van der Waals surface area contributed by atoms with Gasteiger partial charge in [-0.3, -0.25) is 0 Å². The van der Waals surface area contributed by atoms with Crippen LogP contribution in [0.1, 0.15) is 29.4 Å². The summed E-state index contributed by atoms with van der Waals surface area (Å²) in [4.78, 5) is 3.39. The van der Waals surface area contributed by atoms with E-state index in [1.54, 1.807) is 0 Å². The first-order valence-corrected chi connectivity index (χ1v) is 5.29. The van der Waals surface area contributed by atoms with Crippen LogP contribution in [-0.4, -0.2) is 4.98 Å². The van der Waals surface area contributed by atoms with E-state index >= 15 is 0 Å². The maximum absolute atomic E-state index is 3.77. The maximum Gasteiger partial charge on any atom is 0.0263 e. The molecule has 0 aromatic carbocycles. The first kappa shape index (κ1) is 15.1. The Balaban J connectivity index is 0.00000225. The van der Waals surface area contributed by atoms with E-state index in [9.17, 15) is 0 Å². The summed E-state index contributed by atoms with van der Waals surface area (Å²) >= 11 is 0. The molecule has 16 heavy (non-hydrogen) atoms. The summed E-state index contributed by atoms with van der Waals surface area (Å²) in [5.41, 5.74) is 5.12. The molecule has 2 heteroatoms. The van der Waals surface area contributed by atoms with Crippen molar-refractivity contribution in [1.82, 2.24) is 4.98 Å². The van der Waals surface area contributed by atoms with E-state index in [4.69, 9.17) is 0 Å². The minimum absolute atomic E-state index is 0. The smallest absolute Gasteiger partial charge is 0.0263 e. The topological polar surface area (TPSA) is 15.8 Å². The van der Waals surface area contributed by atoms with Crippen LogP contribution >= 0.6 is 0 Å². The molecule has 0 bridgehead atoms. The number of nitrogens with one attached hydrogen (secondary N) is 1. The van der Waals surface area contributed by atoms with Crippen molar-refractivity contribution in [2.45, 2.75) is 27.2 Å². The van der Waals surface area contributed by atoms with E-state index in [2.05, 4.69) is 37.6 Å². The van der Waals surface area contributed by atoms with Crippen LogP contribution in [-0.2, 0) is 25.9 Å². The predicted molar refractivity (Wildman–Crippen MR) is 68.0 cm³/mol. The molecule has 0 radical (unpaired) electrons. The van der Waals surface area contributed by atoms with Gasteiger partial charge >= 0.3 is 0 Å². The SMILES string of the molecule is C=CCc1[nH]c(C)c(C)c1C=CC=CC.[Ru]. The molecule has 1 aromatic rings. The Labute approximate surface area is 111 Å². The molecule has 1 heterocycles. The Morgan fingerprint density at radius 1 is 1.25 bits per heavy atom. The van der Waals surface area contributed by atoms with E-state index in [0.717, 1.165) is 6.42 Å². The molecule has 0 spiro atoms. The monoisotopic (exact) mass is 303 g/mol. The Bertz CT molecular complexity index is 397. The Hall–Kier alpha value is -0.877. The van der Waals surface area contributed by atoms with Crippen molar-refractivity contribution in [2.24, 2.45) is 0 Å². The molecule has 0 saturated heterocycles. The molecule has 0 unspecified atom stereocenters. The zero-order chi connectivity index (χ0) is 11.3. The molecule has 0 saturated carbocycles. The quantitative estimate of drug-likeness (QED) is 0.492. The van der Waals surface area contributed by atoms with E-state index in [0.29, 0.717) is 0 Å². The Morgan fingerprint density at radius 2 is 1.94 bits per heavy atom. The molecule has 1 nitrogen and oxygen atoms in total. The summed E-state index contributed by atoms with van der Waals surface area (Å²) in [5, 5.41) is 0. The third-order valence-corrected chi connectivity index (χ3v) is 2.54. The van der Waals surface area contributed by atoms with Gasteiger partial charge in [-0.15, -0.1) is 6.58 Å². The van der Waals surface area contributed by atoms with Gasteiger partial charge in [0.15, 0.2) is 0 Å². The van der Waals surface area contributed by atoms with E-state index in [-0.39, 0.29) is 19.5 Å². The van der Waals surface area contributed by atoms with Crippen LogP contribution in [0, 0.1) is 13.8 Å². The van der Waals surface area contributed by atoms with E-state index in [1.165, 1.54) is 22.5 Å². The number of hydrogen-bond donors (Lipinski definition) is 1. The number of hydrogen-bond acceptors (Lipinski definition) is 0. The summed E-state index contributed by atoms with van der Waals surface area (Å²) in [7, 11) is 0. The average Bonchev–Trinajstić information content (AvgIpc) is 2.47. The predicted octanol–water partition coefficient (Wildman–Crippen LogP) is 3.95. The van der Waals surface area contributed by atoms with Crippen molar-refractivity contribution in [2.75, 3.05) is 0 Å². The molecule has 1 N–H and O–H groups in total. The molecule has 0 atom stereocenters. The average molecular weight is 302 g/mol. The number of rotatable bonds is 4. The Morgan fingerprint density at radius 3 is 2.50 bits per heavy atom. The van der Waals surface area contributed by atoms with Gasteiger partial charge in [-0.1, -0.05) is 30.4 Å². The standard InChI is InChI=1S/C14H19N.Ru/c1-5-7-8-10-13-11(3)12(4)15-14(13)9-6-2;/h5-8,10,15H,2,9H2,1,3-4H3;. The molecule has 0 fully saturated rings. The summed E-state index contributed by atoms with van der Waals surface area (Å²) in [6.07, 6.45) is 11.1. The first-order valence-electron chi connectivity index (χ1n) is 5.29. The minimum Gasteiger partial charge on any atom is -0.362 e. The maximum atomic E-state index is 3.77. The third-order valence-electron chi connectivity index (χ3n) is 2.54. The van der Waals surface area contributed by atoms with Crippen LogP contribution in [0.3, 0.4) is 0 Å². The minimum atomic E-state index is 0. The molecular weight excluding hydrogens is 283 g/mol. The zero-order valence-corrected chi connectivity index (χ0v) is 11.9. The summed E-state index contributed by atoms with van der Waals surface area (Å²) in [6, 6.07) is 0. The largest absolute Gasteiger partial charge is 0.362 e. The Kier molecular flexibility index (Phi) is 7.00. The number of aryl methyl sites for hydroxylation is 1. The van der Waals surface area contributed by atoms with Crippen LogP contribution in [0.15, 0.2) is 30.9 Å². The van der Waals surface area contributed by atoms with Gasteiger partial charge in [0.2, 0.25) is 0 Å². The second-order valence-electron chi connectivity index (χ2n) is 3.64. The molecule has 0 aliphatic heterocycles. The van der Waals surface area contributed by atoms with Crippen molar-refractivity contribution in [3.63, 3.8) is 0 Å². The van der Waals surface area contributed by atoms with Gasteiger partial charge in [0.25, 0.3) is 0 Å². The zero-order valence-electron chi connectivity index (χ0n) is 10.2. The van der Waals surface area contributed by atoms with Gasteiger partial charge in [0.1, 0.15) is 0 Å². The molecule has 1 aromatic heterocycles. The van der Waals surface area contributed by atoms with E-state index in [1.807, 2.05) is 25.2 Å². The summed E-state index contributed by atoms with van der Waals surface area (Å²) in [5.74, 6) is 0. The van der Waals surface area contributed by atoms with Gasteiger partial charge in [-0.05, 0) is 31.9 Å². The van der Waals surface area contributed by atoms with Crippen LogP contribution in [0.5, 0.6) is 0 Å². The van der Waals surface area contributed by atoms with Crippen molar-refractivity contribution in [1.29, 1.82) is 0 Å². The van der Waals surface area contributed by atoms with Gasteiger partial charge in [0, 0.05) is 37.3 Å². The van der Waals surface area contributed by atoms with Crippen LogP contribution in [0.25, 0.3) is 6.08 Å². The molecule has 1 rings (SSSR count). The first-order chi connectivity index (χ1) is 7.20. The molecule has 0 aliphatic carbocycles. The number of aromatic amines is 1. The second kappa shape index (κ2) is 7.41. The van der Waals surface area contributed by atoms with Crippen molar-refractivity contribution >= 4 is 6.08 Å². The fourth-order valence-corrected chi connectivity index (χ4v) is 1.61. The molecule has 0 aliphatic rings. The van der Waals surface area contributed by atoms with Crippen LogP contribution < -0.4 is 0 Å². The number of H-pyrrole nitrogens is 1. The summed E-state index contributed by atoms with van der Waals surface area (Å²) in [6.45, 7) is 10.0. The van der Waals surface area contributed by atoms with Crippen LogP contribution in [0.2, 0.25) is 0 Å². The fraction of sp³-hybridized carbons (Fsp3) is 0.286. The van der Waals surface area contributed by atoms with Crippen molar-refractivity contribution in [3.05, 3.63) is 53.4 Å². The van der Waals surface area contributed by atoms with Gasteiger partial charge in [-0.2, -0.15) is 0 Å². The second-order valence-corrected chi connectivity index (χ2v) is 3.64. The van der Waals surface area contributed by atoms with Crippen LogP contribution in [0.4, 0.5) is 0 Å². The summed E-state index contributed by atoms with van der Waals surface area (Å²) < 4.78 is 0. The molecule has 88 valence electrons. The van der Waals surface area contributed by atoms with Gasteiger partial charge < -0.3 is 4.98 Å². The number of allylic oxidation sites excluding steroid dienone is 4. The third kappa shape index (κ3) is 3.61. The van der Waals surface area contributed by atoms with Gasteiger partial charge in [-0.25, -0.2) is 0 Å². The number of aromatic nitrogens is 1. The van der Waals surface area contributed by atoms with Crippen molar-refractivity contribution in [3.8, 4) is 0 Å². The van der Waals surface area contributed by atoms with E-state index < -0.39 is 0 Å². The molecule has 0 amide bonds.